The lowest BCUT2D eigenvalue weighted by molar-refractivity contribution is 0.373. The van der Waals surface area contributed by atoms with Gasteiger partial charge >= 0.3 is 0 Å². The standard InChI is InChI=1S/C18H38N/c1-5-7-8-9-10-11-12-13-14-15-17(6-2)18(19)16(3)4/h17-18H,5-15,19H2,1-4H3. The van der Waals surface area contributed by atoms with Crippen molar-refractivity contribution in [1.82, 2.24) is 0 Å². The predicted octanol–water partition coefficient (Wildman–Crippen LogP) is 5.88. The van der Waals surface area contributed by atoms with Gasteiger partial charge in [-0.05, 0) is 18.3 Å². The van der Waals surface area contributed by atoms with Crippen molar-refractivity contribution in [3.8, 4) is 0 Å². The van der Waals surface area contributed by atoms with Crippen molar-refractivity contribution < 1.29 is 0 Å². The average molecular weight is 269 g/mol. The highest BCUT2D eigenvalue weighted by atomic mass is 14.7. The Morgan fingerprint density at radius 1 is 0.789 bits per heavy atom. The zero-order valence-corrected chi connectivity index (χ0v) is 14.0. The molecular weight excluding hydrogens is 230 g/mol. The van der Waals surface area contributed by atoms with E-state index in [1.54, 1.807) is 0 Å². The van der Waals surface area contributed by atoms with Crippen LogP contribution in [0.4, 0.5) is 0 Å². The van der Waals surface area contributed by atoms with Gasteiger partial charge in [0.15, 0.2) is 0 Å². The van der Waals surface area contributed by atoms with Crippen molar-refractivity contribution in [2.45, 2.75) is 104 Å². The second-order valence-electron chi connectivity index (χ2n) is 6.39. The molecule has 0 bridgehead atoms. The van der Waals surface area contributed by atoms with Gasteiger partial charge in [-0.3, -0.25) is 0 Å². The lowest BCUT2D eigenvalue weighted by Gasteiger charge is -2.25. The van der Waals surface area contributed by atoms with Crippen LogP contribution in [0.25, 0.3) is 0 Å². The molecule has 0 saturated heterocycles. The summed E-state index contributed by atoms with van der Waals surface area (Å²) in [5, 5.41) is 0. The van der Waals surface area contributed by atoms with E-state index >= 15 is 0 Å². The molecule has 0 aromatic carbocycles. The maximum absolute atomic E-state index is 6.24. The zero-order chi connectivity index (χ0) is 14.5. The van der Waals surface area contributed by atoms with Crippen molar-refractivity contribution in [3.63, 3.8) is 0 Å². The summed E-state index contributed by atoms with van der Waals surface area (Å²) >= 11 is 0. The number of unbranched alkanes of at least 4 members (excludes halogenated alkanes) is 8. The van der Waals surface area contributed by atoms with Crippen molar-refractivity contribution in [2.24, 2.45) is 11.7 Å². The molecule has 0 aliphatic carbocycles. The van der Waals surface area contributed by atoms with E-state index in [4.69, 9.17) is 5.73 Å². The monoisotopic (exact) mass is 268 g/mol. The fourth-order valence-corrected chi connectivity index (χ4v) is 2.83. The summed E-state index contributed by atoms with van der Waals surface area (Å²) in [6, 6.07) is 0.319. The Balaban J connectivity index is 3.41. The molecule has 0 aliphatic rings. The summed E-state index contributed by atoms with van der Waals surface area (Å²) in [5.74, 6) is 2.09. The van der Waals surface area contributed by atoms with E-state index < -0.39 is 0 Å². The molecule has 2 atom stereocenters. The molecule has 115 valence electrons. The lowest BCUT2D eigenvalue weighted by Crippen LogP contribution is -2.33. The molecule has 0 rings (SSSR count). The molecule has 0 amide bonds. The maximum Gasteiger partial charge on any atom is 0.0124 e. The molecule has 0 heterocycles. The van der Waals surface area contributed by atoms with Crippen molar-refractivity contribution in [2.75, 3.05) is 0 Å². The first kappa shape index (κ1) is 19.0. The van der Waals surface area contributed by atoms with Crippen LogP contribution in [0.2, 0.25) is 0 Å². The molecule has 0 aromatic rings. The van der Waals surface area contributed by atoms with Gasteiger partial charge in [0, 0.05) is 6.04 Å². The van der Waals surface area contributed by atoms with Gasteiger partial charge in [-0.25, -0.2) is 0 Å². The van der Waals surface area contributed by atoms with Crippen molar-refractivity contribution in [3.05, 3.63) is 5.92 Å². The third kappa shape index (κ3) is 10.4. The number of hydrogen-bond donors (Lipinski definition) is 1. The Kier molecular flexibility index (Phi) is 12.9. The Morgan fingerprint density at radius 3 is 1.68 bits per heavy atom. The fourth-order valence-electron chi connectivity index (χ4n) is 2.83. The van der Waals surface area contributed by atoms with Crippen LogP contribution in [0.5, 0.6) is 0 Å². The molecule has 2 N–H and O–H groups in total. The van der Waals surface area contributed by atoms with E-state index in [0.717, 1.165) is 0 Å². The predicted molar refractivity (Wildman–Crippen MR) is 88.2 cm³/mol. The smallest absolute Gasteiger partial charge is 0.0124 e. The van der Waals surface area contributed by atoms with Gasteiger partial charge < -0.3 is 5.73 Å². The highest BCUT2D eigenvalue weighted by molar-refractivity contribution is 4.94. The molecule has 0 saturated carbocycles. The van der Waals surface area contributed by atoms with Crippen molar-refractivity contribution >= 4 is 0 Å². The van der Waals surface area contributed by atoms with Crippen LogP contribution in [0.15, 0.2) is 0 Å². The zero-order valence-electron chi connectivity index (χ0n) is 14.0. The summed E-state index contributed by atoms with van der Waals surface area (Å²) in [4.78, 5) is 0. The fraction of sp³-hybridized carbons (Fsp3) is 0.944. The molecule has 0 spiro atoms. The van der Waals surface area contributed by atoms with E-state index in [1.165, 1.54) is 76.5 Å². The molecule has 2 unspecified atom stereocenters. The first-order valence-corrected chi connectivity index (χ1v) is 8.69. The summed E-state index contributed by atoms with van der Waals surface area (Å²) in [6.07, 6.45) is 15.3. The van der Waals surface area contributed by atoms with Gasteiger partial charge in [-0.1, -0.05) is 91.9 Å². The van der Waals surface area contributed by atoms with E-state index in [9.17, 15) is 0 Å². The van der Waals surface area contributed by atoms with E-state index in [2.05, 4.69) is 27.7 Å². The Labute approximate surface area is 122 Å². The Bertz CT molecular complexity index is 177. The summed E-state index contributed by atoms with van der Waals surface area (Å²) in [7, 11) is 0. The van der Waals surface area contributed by atoms with Crippen LogP contribution >= 0.6 is 0 Å². The number of rotatable bonds is 13. The van der Waals surface area contributed by atoms with E-state index in [0.29, 0.717) is 12.0 Å². The minimum Gasteiger partial charge on any atom is -0.327 e. The van der Waals surface area contributed by atoms with Gasteiger partial charge in [0.1, 0.15) is 0 Å². The van der Waals surface area contributed by atoms with Crippen LogP contribution in [0.1, 0.15) is 98.3 Å². The third-order valence-electron chi connectivity index (χ3n) is 4.38. The second-order valence-corrected chi connectivity index (χ2v) is 6.39. The molecule has 1 heteroatoms. The Morgan fingerprint density at radius 2 is 1.26 bits per heavy atom. The molecule has 1 nitrogen and oxygen atoms in total. The molecule has 0 fully saturated rings. The molecule has 1 radical (unpaired) electrons. The molecular formula is C18H38N. The highest BCUT2D eigenvalue weighted by Gasteiger charge is 2.18. The normalized spacial score (nSPS) is 14.8. The van der Waals surface area contributed by atoms with Gasteiger partial charge in [0.05, 0.1) is 0 Å². The van der Waals surface area contributed by atoms with Crippen LogP contribution < -0.4 is 5.73 Å². The summed E-state index contributed by atoms with van der Waals surface area (Å²) in [5.41, 5.74) is 6.24. The lowest BCUT2D eigenvalue weighted by atomic mass is 9.85. The number of hydrogen-bond acceptors (Lipinski definition) is 1. The van der Waals surface area contributed by atoms with E-state index in [1.807, 2.05) is 0 Å². The van der Waals surface area contributed by atoms with Crippen molar-refractivity contribution in [1.29, 1.82) is 0 Å². The molecule has 0 aromatic heterocycles. The third-order valence-corrected chi connectivity index (χ3v) is 4.38. The number of nitrogens with two attached hydrogens (primary N) is 1. The molecule has 19 heavy (non-hydrogen) atoms. The minimum absolute atomic E-state index is 0.319. The van der Waals surface area contributed by atoms with Crippen LogP contribution in [0.3, 0.4) is 0 Å². The van der Waals surface area contributed by atoms with Gasteiger partial charge in [-0.2, -0.15) is 0 Å². The quantitative estimate of drug-likeness (QED) is 0.415. The maximum atomic E-state index is 6.24. The summed E-state index contributed by atoms with van der Waals surface area (Å²) in [6.45, 7) is 8.90. The van der Waals surface area contributed by atoms with Crippen LogP contribution in [-0.4, -0.2) is 6.04 Å². The van der Waals surface area contributed by atoms with E-state index in [-0.39, 0.29) is 0 Å². The Hall–Kier alpha value is -0.0400. The summed E-state index contributed by atoms with van der Waals surface area (Å²) < 4.78 is 0. The van der Waals surface area contributed by atoms with Crippen LogP contribution in [0, 0.1) is 11.8 Å². The minimum atomic E-state index is 0.319. The van der Waals surface area contributed by atoms with Gasteiger partial charge in [-0.15, -0.1) is 0 Å². The van der Waals surface area contributed by atoms with Crippen LogP contribution in [-0.2, 0) is 0 Å². The highest BCUT2D eigenvalue weighted by Crippen LogP contribution is 2.22. The van der Waals surface area contributed by atoms with Gasteiger partial charge in [0.2, 0.25) is 0 Å². The SMILES string of the molecule is CCCCCCCCCCCC(CC)C(N)[C](C)C. The topological polar surface area (TPSA) is 26.0 Å². The first-order chi connectivity index (χ1) is 9.13. The first-order valence-electron chi connectivity index (χ1n) is 8.69. The average Bonchev–Trinajstić information content (AvgIpc) is 2.40. The van der Waals surface area contributed by atoms with Gasteiger partial charge in [0.25, 0.3) is 0 Å². The largest absolute Gasteiger partial charge is 0.327 e. The second kappa shape index (κ2) is 13.0. The molecule has 0 aliphatic heterocycles.